The molecule has 0 heterocycles. The lowest BCUT2D eigenvalue weighted by Crippen LogP contribution is -2.40. The predicted molar refractivity (Wildman–Crippen MR) is 75.6 cm³/mol. The van der Waals surface area contributed by atoms with Crippen LogP contribution >= 0.6 is 0 Å². The zero-order valence-electron chi connectivity index (χ0n) is 12.5. The number of rotatable bonds is 11. The van der Waals surface area contributed by atoms with Crippen LogP contribution in [0.2, 0.25) is 0 Å². The van der Waals surface area contributed by atoms with Gasteiger partial charge >= 0.3 is 0 Å². The smallest absolute Gasteiger partial charge is 0.0613 e. The molecule has 17 heavy (non-hydrogen) atoms. The maximum atomic E-state index is 5.11. The average molecular weight is 244 g/mol. The van der Waals surface area contributed by atoms with Gasteiger partial charge in [-0.05, 0) is 33.7 Å². The molecule has 0 aromatic heterocycles. The van der Waals surface area contributed by atoms with Gasteiger partial charge in [-0.2, -0.15) is 0 Å². The molecule has 0 rings (SSSR count). The molecule has 3 heteroatoms. The summed E-state index contributed by atoms with van der Waals surface area (Å²) >= 11 is 0. The minimum Gasteiger partial charge on any atom is -0.383 e. The Balaban J connectivity index is 3.69. The molecule has 0 fully saturated rings. The Bertz CT molecular complexity index is 162. The molecule has 0 aliphatic carbocycles. The highest BCUT2D eigenvalue weighted by Crippen LogP contribution is 2.02. The maximum absolute atomic E-state index is 5.11. The second-order valence-corrected chi connectivity index (χ2v) is 5.15. The van der Waals surface area contributed by atoms with Gasteiger partial charge in [-0.3, -0.25) is 4.90 Å². The molecule has 0 aliphatic rings. The standard InChI is InChI=1S/C14H32N2O/c1-6-7-8-10-16(13(2)3)11-9-15-14(4)12-17-5/h13-15H,6-12H2,1-5H3. The number of nitrogens with zero attached hydrogens (tertiary/aromatic N) is 1. The Morgan fingerprint density at radius 3 is 2.35 bits per heavy atom. The summed E-state index contributed by atoms with van der Waals surface area (Å²) < 4.78 is 5.11. The minimum atomic E-state index is 0.449. The molecular formula is C14H32N2O. The number of unbranched alkanes of at least 4 members (excludes halogenated alkanes) is 2. The van der Waals surface area contributed by atoms with E-state index in [2.05, 4.69) is 37.9 Å². The number of ether oxygens (including phenoxy) is 1. The van der Waals surface area contributed by atoms with Crippen LogP contribution in [0.25, 0.3) is 0 Å². The highest BCUT2D eigenvalue weighted by atomic mass is 16.5. The SMILES string of the molecule is CCCCCN(CCNC(C)COC)C(C)C. The number of hydrogen-bond donors (Lipinski definition) is 1. The van der Waals surface area contributed by atoms with Crippen LogP contribution in [0.15, 0.2) is 0 Å². The normalized spacial score (nSPS) is 13.6. The van der Waals surface area contributed by atoms with Crippen LogP contribution in [0.1, 0.15) is 47.0 Å². The lowest BCUT2D eigenvalue weighted by atomic mass is 10.2. The minimum absolute atomic E-state index is 0.449. The Morgan fingerprint density at radius 2 is 1.82 bits per heavy atom. The molecule has 0 amide bonds. The highest BCUT2D eigenvalue weighted by molar-refractivity contribution is 4.66. The predicted octanol–water partition coefficient (Wildman–Crippen LogP) is 2.51. The third-order valence-corrected chi connectivity index (χ3v) is 3.09. The van der Waals surface area contributed by atoms with Crippen molar-refractivity contribution >= 4 is 0 Å². The van der Waals surface area contributed by atoms with Crippen molar-refractivity contribution in [3.63, 3.8) is 0 Å². The molecule has 0 aromatic carbocycles. The van der Waals surface area contributed by atoms with Gasteiger partial charge in [0, 0.05) is 32.3 Å². The van der Waals surface area contributed by atoms with Gasteiger partial charge in [0.15, 0.2) is 0 Å². The first-order valence-electron chi connectivity index (χ1n) is 7.08. The first-order chi connectivity index (χ1) is 8.11. The Labute approximate surface area is 108 Å². The molecule has 0 aliphatic heterocycles. The van der Waals surface area contributed by atoms with Crippen LogP contribution in [0, 0.1) is 0 Å². The third-order valence-electron chi connectivity index (χ3n) is 3.09. The molecule has 0 spiro atoms. The number of methoxy groups -OCH3 is 1. The van der Waals surface area contributed by atoms with Crippen molar-refractivity contribution in [2.45, 2.75) is 59.0 Å². The van der Waals surface area contributed by atoms with Crippen LogP contribution < -0.4 is 5.32 Å². The third kappa shape index (κ3) is 9.57. The fourth-order valence-electron chi connectivity index (χ4n) is 1.96. The fourth-order valence-corrected chi connectivity index (χ4v) is 1.96. The van der Waals surface area contributed by atoms with Gasteiger partial charge < -0.3 is 10.1 Å². The quantitative estimate of drug-likeness (QED) is 0.565. The van der Waals surface area contributed by atoms with Gasteiger partial charge in [-0.15, -0.1) is 0 Å². The molecule has 104 valence electrons. The zero-order valence-corrected chi connectivity index (χ0v) is 12.5. The first kappa shape index (κ1) is 16.9. The van der Waals surface area contributed by atoms with Gasteiger partial charge in [0.1, 0.15) is 0 Å². The van der Waals surface area contributed by atoms with Crippen LogP contribution in [0.3, 0.4) is 0 Å². The van der Waals surface area contributed by atoms with Gasteiger partial charge in [-0.1, -0.05) is 19.8 Å². The van der Waals surface area contributed by atoms with Crippen molar-refractivity contribution in [2.24, 2.45) is 0 Å². The van der Waals surface area contributed by atoms with E-state index in [1.54, 1.807) is 7.11 Å². The summed E-state index contributed by atoms with van der Waals surface area (Å²) in [5, 5.41) is 3.49. The van der Waals surface area contributed by atoms with E-state index in [1.165, 1.54) is 25.8 Å². The van der Waals surface area contributed by atoms with Crippen molar-refractivity contribution < 1.29 is 4.74 Å². The molecule has 0 aromatic rings. The van der Waals surface area contributed by atoms with E-state index < -0.39 is 0 Å². The first-order valence-corrected chi connectivity index (χ1v) is 7.08. The molecule has 0 bridgehead atoms. The summed E-state index contributed by atoms with van der Waals surface area (Å²) in [6.45, 7) is 13.2. The van der Waals surface area contributed by atoms with Crippen molar-refractivity contribution in [1.82, 2.24) is 10.2 Å². The largest absolute Gasteiger partial charge is 0.383 e. The topological polar surface area (TPSA) is 24.5 Å². The van der Waals surface area contributed by atoms with E-state index in [1.807, 2.05) is 0 Å². The summed E-state index contributed by atoms with van der Waals surface area (Å²) in [5.41, 5.74) is 0. The molecule has 0 radical (unpaired) electrons. The lowest BCUT2D eigenvalue weighted by molar-refractivity contribution is 0.165. The molecule has 0 saturated carbocycles. The Kier molecular flexibility index (Phi) is 10.9. The van der Waals surface area contributed by atoms with E-state index in [-0.39, 0.29) is 0 Å². The second kappa shape index (κ2) is 11.0. The van der Waals surface area contributed by atoms with Crippen molar-refractivity contribution in [2.75, 3.05) is 33.4 Å². The molecule has 1 unspecified atom stereocenters. The van der Waals surface area contributed by atoms with Crippen molar-refractivity contribution in [3.8, 4) is 0 Å². The van der Waals surface area contributed by atoms with E-state index in [0.717, 1.165) is 19.7 Å². The van der Waals surface area contributed by atoms with E-state index in [4.69, 9.17) is 4.74 Å². The second-order valence-electron chi connectivity index (χ2n) is 5.15. The highest BCUT2D eigenvalue weighted by Gasteiger charge is 2.09. The fraction of sp³-hybridized carbons (Fsp3) is 1.00. The summed E-state index contributed by atoms with van der Waals surface area (Å²) in [4.78, 5) is 2.56. The summed E-state index contributed by atoms with van der Waals surface area (Å²) in [5.74, 6) is 0. The lowest BCUT2D eigenvalue weighted by Gasteiger charge is -2.27. The van der Waals surface area contributed by atoms with E-state index in [9.17, 15) is 0 Å². The molecule has 1 N–H and O–H groups in total. The Morgan fingerprint density at radius 1 is 1.12 bits per heavy atom. The molecular weight excluding hydrogens is 212 g/mol. The van der Waals surface area contributed by atoms with E-state index in [0.29, 0.717) is 12.1 Å². The monoisotopic (exact) mass is 244 g/mol. The van der Waals surface area contributed by atoms with Crippen LogP contribution in [0.4, 0.5) is 0 Å². The average Bonchev–Trinajstić information content (AvgIpc) is 2.27. The van der Waals surface area contributed by atoms with Gasteiger partial charge in [-0.25, -0.2) is 0 Å². The zero-order chi connectivity index (χ0) is 13.1. The summed E-state index contributed by atoms with van der Waals surface area (Å²) in [6, 6.07) is 1.09. The van der Waals surface area contributed by atoms with Crippen molar-refractivity contribution in [3.05, 3.63) is 0 Å². The maximum Gasteiger partial charge on any atom is 0.0613 e. The van der Waals surface area contributed by atoms with Gasteiger partial charge in [0.25, 0.3) is 0 Å². The van der Waals surface area contributed by atoms with Crippen LogP contribution in [-0.2, 0) is 4.74 Å². The van der Waals surface area contributed by atoms with Gasteiger partial charge in [0.2, 0.25) is 0 Å². The van der Waals surface area contributed by atoms with Crippen LogP contribution in [0.5, 0.6) is 0 Å². The summed E-state index contributed by atoms with van der Waals surface area (Å²) in [7, 11) is 1.75. The molecule has 3 nitrogen and oxygen atoms in total. The van der Waals surface area contributed by atoms with Crippen molar-refractivity contribution in [1.29, 1.82) is 0 Å². The molecule has 1 atom stereocenters. The number of nitrogens with one attached hydrogen (secondary N) is 1. The summed E-state index contributed by atoms with van der Waals surface area (Å²) in [6.07, 6.45) is 3.97. The molecule has 0 saturated heterocycles. The number of hydrogen-bond acceptors (Lipinski definition) is 3. The van der Waals surface area contributed by atoms with E-state index >= 15 is 0 Å². The van der Waals surface area contributed by atoms with Gasteiger partial charge in [0.05, 0.1) is 6.61 Å². The Hall–Kier alpha value is -0.120. The van der Waals surface area contributed by atoms with Crippen LogP contribution in [-0.4, -0.2) is 50.3 Å².